The van der Waals surface area contributed by atoms with E-state index in [1.807, 2.05) is 6.08 Å². The molecule has 6 N–H and O–H groups in total. The first-order chi connectivity index (χ1) is 25.3. The average Bonchev–Trinajstić information content (AvgIpc) is 3.12. The molecule has 0 aromatic rings. The van der Waals surface area contributed by atoms with Crippen molar-refractivity contribution in [2.75, 3.05) is 19.8 Å². The van der Waals surface area contributed by atoms with Crippen LogP contribution in [0.5, 0.6) is 0 Å². The highest BCUT2D eigenvalue weighted by Crippen LogP contribution is 2.43. The molecule has 0 saturated carbocycles. The number of phosphoric acid groups is 1. The van der Waals surface area contributed by atoms with Crippen LogP contribution in [0.4, 0.5) is 0 Å². The number of phosphoric ester groups is 1. The normalized spacial score (nSPS) is 15.1. The molecule has 306 valence electrons. The molecule has 0 aromatic carbocycles. The van der Waals surface area contributed by atoms with Gasteiger partial charge >= 0.3 is 7.82 Å². The summed E-state index contributed by atoms with van der Waals surface area (Å²) in [6.07, 6.45) is 40.9. The first-order valence-corrected chi connectivity index (χ1v) is 22.7. The average molecular weight is 757 g/mol. The molecular weight excluding hydrogens is 675 g/mol. The van der Waals surface area contributed by atoms with Crippen LogP contribution in [-0.2, 0) is 18.4 Å². The van der Waals surface area contributed by atoms with E-state index in [1.165, 1.54) is 109 Å². The number of hydrogen-bond acceptors (Lipinski definition) is 7. The van der Waals surface area contributed by atoms with Crippen molar-refractivity contribution in [1.29, 1.82) is 0 Å². The minimum absolute atomic E-state index is 0.0426. The zero-order valence-corrected chi connectivity index (χ0v) is 34.3. The van der Waals surface area contributed by atoms with E-state index in [4.69, 9.17) is 14.8 Å². The van der Waals surface area contributed by atoms with Gasteiger partial charge in [-0.25, -0.2) is 4.57 Å². The zero-order chi connectivity index (χ0) is 38.4. The maximum absolute atomic E-state index is 12.8. The lowest BCUT2D eigenvalue weighted by molar-refractivity contribution is -0.124. The van der Waals surface area contributed by atoms with E-state index in [-0.39, 0.29) is 19.6 Å². The fraction of sp³-hybridized carbons (Fsp3) is 0.833. The predicted octanol–water partition coefficient (Wildman–Crippen LogP) is 10.5. The SMILES string of the molecule is CCCCC/C=C/CC/C=C/CC/C=C/C(O)C(COP(=O)(O)OCCN)NC(=O)CC(O)CCCCCCCCCCCCCCCCCCC. The number of allylic oxidation sites excluding steroid dienone is 5. The van der Waals surface area contributed by atoms with Gasteiger partial charge in [0, 0.05) is 6.54 Å². The number of carbonyl (C=O) groups excluding carboxylic acids is 1. The lowest BCUT2D eigenvalue weighted by atomic mass is 10.0. The lowest BCUT2D eigenvalue weighted by Gasteiger charge is -2.24. The van der Waals surface area contributed by atoms with Crippen LogP contribution in [0, 0.1) is 0 Å². The molecule has 0 fully saturated rings. The first-order valence-electron chi connectivity index (χ1n) is 21.2. The summed E-state index contributed by atoms with van der Waals surface area (Å²) in [5.41, 5.74) is 5.35. The van der Waals surface area contributed by atoms with E-state index >= 15 is 0 Å². The quantitative estimate of drug-likeness (QED) is 0.0236. The lowest BCUT2D eigenvalue weighted by Crippen LogP contribution is -2.46. The highest BCUT2D eigenvalue weighted by atomic mass is 31.2. The van der Waals surface area contributed by atoms with Gasteiger partial charge in [0.25, 0.3) is 0 Å². The minimum Gasteiger partial charge on any atom is -0.393 e. The molecule has 52 heavy (non-hydrogen) atoms. The van der Waals surface area contributed by atoms with Crippen molar-refractivity contribution in [3.63, 3.8) is 0 Å². The Hall–Kier alpha value is -1.32. The summed E-state index contributed by atoms with van der Waals surface area (Å²) >= 11 is 0. The number of rotatable bonds is 39. The van der Waals surface area contributed by atoms with Gasteiger partial charge in [0.05, 0.1) is 37.9 Å². The summed E-state index contributed by atoms with van der Waals surface area (Å²) in [5.74, 6) is -0.460. The predicted molar refractivity (Wildman–Crippen MR) is 218 cm³/mol. The second-order valence-electron chi connectivity index (χ2n) is 14.4. The molecule has 0 aliphatic carbocycles. The Morgan fingerprint density at radius 1 is 0.654 bits per heavy atom. The van der Waals surface area contributed by atoms with E-state index in [2.05, 4.69) is 43.5 Å². The van der Waals surface area contributed by atoms with Crippen molar-refractivity contribution in [3.05, 3.63) is 36.5 Å². The number of carbonyl (C=O) groups is 1. The van der Waals surface area contributed by atoms with Crippen molar-refractivity contribution in [2.24, 2.45) is 5.73 Å². The molecule has 0 aliphatic heterocycles. The number of nitrogens with one attached hydrogen (secondary N) is 1. The smallest absolute Gasteiger partial charge is 0.393 e. The van der Waals surface area contributed by atoms with Crippen molar-refractivity contribution in [3.8, 4) is 0 Å². The topological polar surface area (TPSA) is 151 Å². The fourth-order valence-electron chi connectivity index (χ4n) is 6.03. The molecule has 0 bridgehead atoms. The van der Waals surface area contributed by atoms with Gasteiger partial charge in [0.1, 0.15) is 0 Å². The van der Waals surface area contributed by atoms with Crippen LogP contribution in [0.1, 0.15) is 187 Å². The molecule has 0 spiro atoms. The third kappa shape index (κ3) is 35.7. The summed E-state index contributed by atoms with van der Waals surface area (Å²) in [7, 11) is -4.41. The Morgan fingerprint density at radius 3 is 1.60 bits per heavy atom. The van der Waals surface area contributed by atoms with Crippen LogP contribution in [0.2, 0.25) is 0 Å². The highest BCUT2D eigenvalue weighted by molar-refractivity contribution is 7.47. The van der Waals surface area contributed by atoms with E-state index in [0.29, 0.717) is 12.8 Å². The fourth-order valence-corrected chi connectivity index (χ4v) is 6.79. The molecule has 9 nitrogen and oxygen atoms in total. The van der Waals surface area contributed by atoms with Crippen LogP contribution in [0.25, 0.3) is 0 Å². The van der Waals surface area contributed by atoms with Gasteiger partial charge in [-0.05, 0) is 44.9 Å². The van der Waals surface area contributed by atoms with Crippen LogP contribution in [0.3, 0.4) is 0 Å². The molecule has 1 amide bonds. The number of amides is 1. The van der Waals surface area contributed by atoms with Crippen molar-refractivity contribution < 1.29 is 33.5 Å². The summed E-state index contributed by atoms with van der Waals surface area (Å²) in [4.78, 5) is 22.7. The molecule has 0 rings (SSSR count). The second kappa shape index (κ2) is 38.0. The number of nitrogens with two attached hydrogens (primary N) is 1. The molecule has 0 aromatic heterocycles. The summed E-state index contributed by atoms with van der Waals surface area (Å²) in [5, 5.41) is 24.0. The van der Waals surface area contributed by atoms with E-state index in [0.717, 1.165) is 44.9 Å². The van der Waals surface area contributed by atoms with Crippen molar-refractivity contribution in [1.82, 2.24) is 5.32 Å². The number of aliphatic hydroxyl groups is 2. The Bertz CT molecular complexity index is 930. The zero-order valence-electron chi connectivity index (χ0n) is 33.4. The summed E-state index contributed by atoms with van der Waals surface area (Å²) in [6, 6.07) is -1.00. The van der Waals surface area contributed by atoms with Gasteiger partial charge in [-0.3, -0.25) is 13.8 Å². The largest absolute Gasteiger partial charge is 0.472 e. The van der Waals surface area contributed by atoms with Gasteiger partial charge in [-0.1, -0.05) is 172 Å². The van der Waals surface area contributed by atoms with Gasteiger partial charge in [-0.2, -0.15) is 0 Å². The second-order valence-corrected chi connectivity index (χ2v) is 15.8. The Kier molecular flexibility index (Phi) is 37.0. The number of aliphatic hydroxyl groups excluding tert-OH is 2. The van der Waals surface area contributed by atoms with E-state index < -0.39 is 38.6 Å². The molecule has 0 saturated heterocycles. The van der Waals surface area contributed by atoms with Gasteiger partial charge < -0.3 is 26.2 Å². The van der Waals surface area contributed by atoms with E-state index in [9.17, 15) is 24.5 Å². The maximum Gasteiger partial charge on any atom is 0.472 e. The molecule has 10 heteroatoms. The van der Waals surface area contributed by atoms with Gasteiger partial charge in [0.2, 0.25) is 5.91 Å². The molecule has 4 unspecified atom stereocenters. The molecule has 0 aliphatic rings. The highest BCUT2D eigenvalue weighted by Gasteiger charge is 2.27. The molecule has 0 radical (unpaired) electrons. The van der Waals surface area contributed by atoms with Crippen LogP contribution in [0.15, 0.2) is 36.5 Å². The summed E-state index contributed by atoms with van der Waals surface area (Å²) < 4.78 is 22.0. The minimum atomic E-state index is -4.41. The Balaban J connectivity index is 4.35. The van der Waals surface area contributed by atoms with Crippen molar-refractivity contribution in [2.45, 2.75) is 205 Å². The van der Waals surface area contributed by atoms with Gasteiger partial charge in [-0.15, -0.1) is 0 Å². The first kappa shape index (κ1) is 50.7. The van der Waals surface area contributed by atoms with Crippen LogP contribution >= 0.6 is 7.82 Å². The standard InChI is InChI=1S/C42H81N2O7P/c1-3-5-7-9-11-13-15-17-18-19-20-22-23-25-27-29-31-33-39(45)37-42(47)44-40(38-51-52(48,49)50-36-35-43)41(46)34-32-30-28-26-24-21-16-14-12-10-8-6-4-2/h12,14,24,26,32,34,39-41,45-46H,3-11,13,15-23,25,27-31,33,35-38,43H2,1-2H3,(H,44,47)(H,48,49)/b14-12+,26-24+,34-32+. The van der Waals surface area contributed by atoms with Gasteiger partial charge in [0.15, 0.2) is 0 Å². The molecule has 0 heterocycles. The third-order valence-corrected chi connectivity index (χ3v) is 10.2. The van der Waals surface area contributed by atoms with E-state index in [1.54, 1.807) is 6.08 Å². The number of unbranched alkanes of at least 4 members (excludes halogenated alkanes) is 21. The van der Waals surface area contributed by atoms with Crippen LogP contribution in [-0.4, -0.2) is 59.0 Å². The Labute approximate surface area is 319 Å². The van der Waals surface area contributed by atoms with Crippen molar-refractivity contribution >= 4 is 13.7 Å². The molecular formula is C42H81N2O7P. The van der Waals surface area contributed by atoms with Crippen LogP contribution < -0.4 is 11.1 Å². The molecule has 4 atom stereocenters. The maximum atomic E-state index is 12.8. The number of hydrogen-bond donors (Lipinski definition) is 5. The summed E-state index contributed by atoms with van der Waals surface area (Å²) in [6.45, 7) is 3.91. The third-order valence-electron chi connectivity index (χ3n) is 9.25. The Morgan fingerprint density at radius 2 is 1.10 bits per heavy atom. The monoisotopic (exact) mass is 757 g/mol.